The van der Waals surface area contributed by atoms with Gasteiger partial charge in [-0.05, 0) is 52.3 Å². The van der Waals surface area contributed by atoms with Gasteiger partial charge in [-0.3, -0.25) is 4.68 Å². The maximum absolute atomic E-state index is 6.47. The van der Waals surface area contributed by atoms with Crippen molar-refractivity contribution >= 4 is 0 Å². The number of ether oxygens (including phenoxy) is 1. The molecule has 0 unspecified atom stereocenters. The highest BCUT2D eigenvalue weighted by molar-refractivity contribution is 5.26. The monoisotopic (exact) mass is 235 g/mol. The van der Waals surface area contributed by atoms with Crippen LogP contribution < -0.4 is 5.32 Å². The molecule has 4 heteroatoms. The zero-order chi connectivity index (χ0) is 12.1. The molecule has 2 aliphatic heterocycles. The van der Waals surface area contributed by atoms with E-state index in [1.165, 1.54) is 11.3 Å². The van der Waals surface area contributed by atoms with Gasteiger partial charge in [-0.25, -0.2) is 0 Å². The fourth-order valence-electron chi connectivity index (χ4n) is 3.33. The van der Waals surface area contributed by atoms with Crippen LogP contribution in [-0.2, 0) is 16.9 Å². The minimum Gasteiger partial charge on any atom is -0.361 e. The average molecular weight is 235 g/mol. The fourth-order valence-corrected chi connectivity index (χ4v) is 3.33. The van der Waals surface area contributed by atoms with Crippen molar-refractivity contribution in [2.75, 3.05) is 13.1 Å². The second kappa shape index (κ2) is 3.56. The molecule has 3 heterocycles. The van der Waals surface area contributed by atoms with Crippen LogP contribution in [0.2, 0.25) is 0 Å². The van der Waals surface area contributed by atoms with Gasteiger partial charge in [0.2, 0.25) is 0 Å². The van der Waals surface area contributed by atoms with Crippen LogP contribution >= 0.6 is 0 Å². The topological polar surface area (TPSA) is 39.1 Å². The van der Waals surface area contributed by atoms with Crippen LogP contribution in [0, 0.1) is 6.92 Å². The molecular formula is C13H21N3O. The lowest BCUT2D eigenvalue weighted by Gasteiger charge is -2.48. The number of aryl methyl sites for hydroxylation is 1. The van der Waals surface area contributed by atoms with Crippen LogP contribution in [0.5, 0.6) is 0 Å². The quantitative estimate of drug-likeness (QED) is 0.742. The van der Waals surface area contributed by atoms with Gasteiger partial charge in [0.15, 0.2) is 0 Å². The molecule has 94 valence electrons. The van der Waals surface area contributed by atoms with Crippen molar-refractivity contribution < 1.29 is 4.74 Å². The minimum atomic E-state index is -0.122. The van der Waals surface area contributed by atoms with Gasteiger partial charge in [0.25, 0.3) is 0 Å². The molecule has 4 nitrogen and oxygen atoms in total. The lowest BCUT2D eigenvalue weighted by Crippen LogP contribution is -2.53. The third-order valence-corrected chi connectivity index (χ3v) is 3.87. The molecule has 1 saturated heterocycles. The summed E-state index contributed by atoms with van der Waals surface area (Å²) in [6, 6.07) is 0. The van der Waals surface area contributed by atoms with Crippen molar-refractivity contribution in [1.29, 1.82) is 0 Å². The van der Waals surface area contributed by atoms with E-state index in [1.54, 1.807) is 0 Å². The van der Waals surface area contributed by atoms with Crippen molar-refractivity contribution in [2.45, 2.75) is 51.4 Å². The Kier molecular flexibility index (Phi) is 2.35. The van der Waals surface area contributed by atoms with Crippen LogP contribution in [-0.4, -0.2) is 28.5 Å². The molecule has 0 bridgehead atoms. The number of rotatable bonds is 0. The predicted octanol–water partition coefficient (Wildman–Crippen LogP) is 1.58. The van der Waals surface area contributed by atoms with Gasteiger partial charge >= 0.3 is 0 Å². The molecule has 3 rings (SSSR count). The van der Waals surface area contributed by atoms with E-state index in [9.17, 15) is 0 Å². The Morgan fingerprint density at radius 2 is 2.06 bits per heavy atom. The van der Waals surface area contributed by atoms with Crippen LogP contribution in [0.4, 0.5) is 0 Å². The molecule has 0 radical (unpaired) electrons. The lowest BCUT2D eigenvalue weighted by atomic mass is 9.84. The molecule has 17 heavy (non-hydrogen) atoms. The third-order valence-electron chi connectivity index (χ3n) is 3.87. The second-order valence-corrected chi connectivity index (χ2v) is 5.94. The second-order valence-electron chi connectivity index (χ2n) is 5.94. The SMILES string of the molecule is Cc1cnn2c1C1(CCNCC1)OC(C)(C)C2. The summed E-state index contributed by atoms with van der Waals surface area (Å²) < 4.78 is 8.62. The smallest absolute Gasteiger partial charge is 0.113 e. The Morgan fingerprint density at radius 3 is 2.76 bits per heavy atom. The Hall–Kier alpha value is -0.870. The maximum atomic E-state index is 6.47. The largest absolute Gasteiger partial charge is 0.361 e. The van der Waals surface area contributed by atoms with E-state index in [-0.39, 0.29) is 11.2 Å². The number of piperidine rings is 1. The minimum absolute atomic E-state index is 0.117. The maximum Gasteiger partial charge on any atom is 0.113 e. The zero-order valence-corrected chi connectivity index (χ0v) is 10.9. The highest BCUT2D eigenvalue weighted by atomic mass is 16.5. The number of fused-ring (bicyclic) bond motifs is 2. The van der Waals surface area contributed by atoms with E-state index in [0.717, 1.165) is 32.5 Å². The predicted molar refractivity (Wildman–Crippen MR) is 65.9 cm³/mol. The number of nitrogens with one attached hydrogen (secondary N) is 1. The Labute approximate surface area is 102 Å². The van der Waals surface area contributed by atoms with E-state index >= 15 is 0 Å². The van der Waals surface area contributed by atoms with Crippen LogP contribution in [0.15, 0.2) is 6.20 Å². The molecule has 0 aromatic carbocycles. The molecule has 1 fully saturated rings. The Balaban J connectivity index is 2.10. The average Bonchev–Trinajstić information content (AvgIpc) is 2.59. The number of nitrogens with zero attached hydrogens (tertiary/aromatic N) is 2. The molecule has 1 aromatic rings. The molecule has 2 aliphatic rings. The Bertz CT molecular complexity index is 430. The zero-order valence-electron chi connectivity index (χ0n) is 10.9. The molecule has 1 aromatic heterocycles. The summed E-state index contributed by atoms with van der Waals surface area (Å²) in [5, 5.41) is 7.93. The molecule has 0 atom stereocenters. The van der Waals surface area contributed by atoms with Crippen molar-refractivity contribution in [3.05, 3.63) is 17.5 Å². The summed E-state index contributed by atoms with van der Waals surface area (Å²) in [6.45, 7) is 9.38. The molecule has 1 N–H and O–H groups in total. The third kappa shape index (κ3) is 1.70. The van der Waals surface area contributed by atoms with Gasteiger partial charge in [0.05, 0.1) is 24.0 Å². The molecule has 1 spiro atoms. The first-order chi connectivity index (χ1) is 8.03. The standard InChI is InChI=1S/C13H21N3O/c1-10-8-15-16-9-12(2,3)17-13(11(10)16)4-6-14-7-5-13/h8,14H,4-7,9H2,1-3H3. The highest BCUT2D eigenvalue weighted by Crippen LogP contribution is 2.43. The summed E-state index contributed by atoms with van der Waals surface area (Å²) in [5.41, 5.74) is 2.33. The van der Waals surface area contributed by atoms with Crippen molar-refractivity contribution in [2.24, 2.45) is 0 Å². The van der Waals surface area contributed by atoms with E-state index in [2.05, 4.69) is 35.9 Å². The first kappa shape index (κ1) is 11.2. The number of hydrogen-bond acceptors (Lipinski definition) is 3. The summed E-state index contributed by atoms with van der Waals surface area (Å²) in [6.07, 6.45) is 4.07. The van der Waals surface area contributed by atoms with Crippen LogP contribution in [0.25, 0.3) is 0 Å². The van der Waals surface area contributed by atoms with Gasteiger partial charge < -0.3 is 10.1 Å². The van der Waals surface area contributed by atoms with E-state index < -0.39 is 0 Å². The normalized spacial score (nSPS) is 25.8. The van der Waals surface area contributed by atoms with Crippen molar-refractivity contribution in [3.8, 4) is 0 Å². The van der Waals surface area contributed by atoms with E-state index in [0.29, 0.717) is 0 Å². The van der Waals surface area contributed by atoms with E-state index in [1.807, 2.05) is 6.20 Å². The summed E-state index contributed by atoms with van der Waals surface area (Å²) in [4.78, 5) is 0. The van der Waals surface area contributed by atoms with Crippen LogP contribution in [0.3, 0.4) is 0 Å². The summed E-state index contributed by atoms with van der Waals surface area (Å²) >= 11 is 0. The Morgan fingerprint density at radius 1 is 1.35 bits per heavy atom. The molecule has 0 saturated carbocycles. The first-order valence-corrected chi connectivity index (χ1v) is 6.46. The summed E-state index contributed by atoms with van der Waals surface area (Å²) in [7, 11) is 0. The van der Waals surface area contributed by atoms with Gasteiger partial charge in [0.1, 0.15) is 5.60 Å². The van der Waals surface area contributed by atoms with Gasteiger partial charge in [-0.15, -0.1) is 0 Å². The lowest BCUT2D eigenvalue weighted by molar-refractivity contribution is -0.189. The highest BCUT2D eigenvalue weighted by Gasteiger charge is 2.47. The van der Waals surface area contributed by atoms with Gasteiger partial charge in [-0.2, -0.15) is 5.10 Å². The van der Waals surface area contributed by atoms with E-state index in [4.69, 9.17) is 4.74 Å². The number of aromatic nitrogens is 2. The first-order valence-electron chi connectivity index (χ1n) is 6.46. The summed E-state index contributed by atoms with van der Waals surface area (Å²) in [5.74, 6) is 0. The van der Waals surface area contributed by atoms with Crippen molar-refractivity contribution in [1.82, 2.24) is 15.1 Å². The molecule has 0 aliphatic carbocycles. The molecule has 0 amide bonds. The van der Waals surface area contributed by atoms with Crippen LogP contribution in [0.1, 0.15) is 37.9 Å². The number of hydrogen-bond donors (Lipinski definition) is 1. The van der Waals surface area contributed by atoms with Gasteiger partial charge in [-0.1, -0.05) is 0 Å². The fraction of sp³-hybridized carbons (Fsp3) is 0.769. The molecular weight excluding hydrogens is 214 g/mol. The van der Waals surface area contributed by atoms with Crippen molar-refractivity contribution in [3.63, 3.8) is 0 Å². The van der Waals surface area contributed by atoms with Gasteiger partial charge in [0, 0.05) is 0 Å².